The first-order valence-corrected chi connectivity index (χ1v) is 10.5. The monoisotopic (exact) mass is 403 g/mol. The van der Waals surface area contributed by atoms with Gasteiger partial charge in [-0.05, 0) is 56.7 Å². The van der Waals surface area contributed by atoms with Crippen molar-refractivity contribution in [3.05, 3.63) is 24.5 Å². The SMILES string of the molecule is CC(C)NC(=S)Nc1nc(Sc2ncccn2)cc(N2CCCCCC2)n1. The third kappa shape index (κ3) is 6.28. The van der Waals surface area contributed by atoms with Crippen LogP contribution >= 0.6 is 24.0 Å². The van der Waals surface area contributed by atoms with Gasteiger partial charge in [0, 0.05) is 37.6 Å². The lowest BCUT2D eigenvalue weighted by Gasteiger charge is -2.22. The number of rotatable bonds is 5. The van der Waals surface area contributed by atoms with Gasteiger partial charge in [0.15, 0.2) is 10.3 Å². The summed E-state index contributed by atoms with van der Waals surface area (Å²) >= 11 is 6.78. The van der Waals surface area contributed by atoms with E-state index in [1.54, 1.807) is 18.5 Å². The molecule has 1 aliphatic rings. The van der Waals surface area contributed by atoms with Crippen molar-refractivity contribution >= 4 is 40.9 Å². The quantitative estimate of drug-likeness (QED) is 0.443. The number of nitrogens with one attached hydrogen (secondary N) is 2. The second-order valence-corrected chi connectivity index (χ2v) is 8.07. The maximum absolute atomic E-state index is 5.36. The second kappa shape index (κ2) is 9.80. The lowest BCUT2D eigenvalue weighted by Crippen LogP contribution is -2.34. The van der Waals surface area contributed by atoms with Crippen molar-refractivity contribution < 1.29 is 0 Å². The summed E-state index contributed by atoms with van der Waals surface area (Å²) in [6.07, 6.45) is 8.37. The van der Waals surface area contributed by atoms with Gasteiger partial charge in [-0.3, -0.25) is 0 Å². The molecule has 1 aliphatic heterocycles. The Hall–Kier alpha value is -2.00. The van der Waals surface area contributed by atoms with Crippen LogP contribution in [0.15, 0.2) is 34.7 Å². The van der Waals surface area contributed by atoms with E-state index in [4.69, 9.17) is 17.2 Å². The predicted molar refractivity (Wildman–Crippen MR) is 113 cm³/mol. The van der Waals surface area contributed by atoms with Gasteiger partial charge in [-0.2, -0.15) is 4.98 Å². The van der Waals surface area contributed by atoms with Gasteiger partial charge < -0.3 is 15.5 Å². The van der Waals surface area contributed by atoms with Crippen LogP contribution in [0.4, 0.5) is 11.8 Å². The highest BCUT2D eigenvalue weighted by atomic mass is 32.2. The van der Waals surface area contributed by atoms with E-state index < -0.39 is 0 Å². The third-order valence-corrected chi connectivity index (χ3v) is 5.03. The molecule has 27 heavy (non-hydrogen) atoms. The van der Waals surface area contributed by atoms with Gasteiger partial charge in [-0.15, -0.1) is 0 Å². The first-order valence-electron chi connectivity index (χ1n) is 9.26. The van der Waals surface area contributed by atoms with Gasteiger partial charge in [-0.25, -0.2) is 15.0 Å². The molecular weight excluding hydrogens is 378 g/mol. The lowest BCUT2D eigenvalue weighted by atomic mass is 10.2. The largest absolute Gasteiger partial charge is 0.360 e. The van der Waals surface area contributed by atoms with Gasteiger partial charge in [-0.1, -0.05) is 12.8 Å². The Bertz CT molecular complexity index is 747. The first kappa shape index (κ1) is 19.8. The van der Waals surface area contributed by atoms with E-state index in [0.29, 0.717) is 16.2 Å². The van der Waals surface area contributed by atoms with Crippen molar-refractivity contribution in [2.24, 2.45) is 0 Å². The van der Waals surface area contributed by atoms with E-state index >= 15 is 0 Å². The van der Waals surface area contributed by atoms with E-state index in [9.17, 15) is 0 Å². The summed E-state index contributed by atoms with van der Waals surface area (Å²) in [7, 11) is 0. The van der Waals surface area contributed by atoms with Crippen molar-refractivity contribution in [2.75, 3.05) is 23.3 Å². The summed E-state index contributed by atoms with van der Waals surface area (Å²) in [4.78, 5) is 20.2. The minimum atomic E-state index is 0.241. The molecule has 0 amide bonds. The molecule has 0 saturated carbocycles. The molecule has 3 heterocycles. The Morgan fingerprint density at radius 1 is 1.11 bits per heavy atom. The van der Waals surface area contributed by atoms with Crippen LogP contribution in [-0.2, 0) is 0 Å². The third-order valence-electron chi connectivity index (χ3n) is 4.00. The molecule has 2 aromatic heterocycles. The van der Waals surface area contributed by atoms with Crippen molar-refractivity contribution in [3.8, 4) is 0 Å². The standard InChI is InChI=1S/C18H25N7S2/c1-13(2)21-17(26)24-16-22-14(25-10-5-3-4-6-11-25)12-15(23-16)27-18-19-8-7-9-20-18/h7-9,12-13H,3-6,10-11H2,1-2H3,(H2,21,22,23,24,26). The number of aromatic nitrogens is 4. The van der Waals surface area contributed by atoms with E-state index in [-0.39, 0.29) is 6.04 Å². The van der Waals surface area contributed by atoms with Gasteiger partial charge in [0.05, 0.1) is 0 Å². The minimum Gasteiger partial charge on any atom is -0.360 e. The van der Waals surface area contributed by atoms with Crippen molar-refractivity contribution in [1.29, 1.82) is 0 Å². The zero-order valence-electron chi connectivity index (χ0n) is 15.7. The molecule has 1 fully saturated rings. The summed E-state index contributed by atoms with van der Waals surface area (Å²) in [5, 5.41) is 8.25. The Kier molecular flexibility index (Phi) is 7.17. The maximum Gasteiger partial charge on any atom is 0.232 e. The Labute approximate surface area is 169 Å². The molecule has 0 atom stereocenters. The smallest absolute Gasteiger partial charge is 0.232 e. The van der Waals surface area contributed by atoms with E-state index in [2.05, 4.69) is 30.5 Å². The second-order valence-electron chi connectivity index (χ2n) is 6.68. The van der Waals surface area contributed by atoms with E-state index in [0.717, 1.165) is 23.9 Å². The average molecular weight is 404 g/mol. The van der Waals surface area contributed by atoms with Crippen LogP contribution in [0.2, 0.25) is 0 Å². The molecule has 2 aromatic rings. The Morgan fingerprint density at radius 2 is 1.81 bits per heavy atom. The molecule has 0 aliphatic carbocycles. The van der Waals surface area contributed by atoms with Crippen LogP contribution in [0.1, 0.15) is 39.5 Å². The fraction of sp³-hybridized carbons (Fsp3) is 0.500. The normalized spacial score (nSPS) is 14.7. The molecule has 3 rings (SSSR count). The summed E-state index contributed by atoms with van der Waals surface area (Å²) in [5.41, 5.74) is 0. The molecule has 0 spiro atoms. The molecule has 9 heteroatoms. The van der Waals surface area contributed by atoms with Crippen molar-refractivity contribution in [1.82, 2.24) is 25.3 Å². The number of hydrogen-bond acceptors (Lipinski definition) is 7. The summed E-state index contributed by atoms with van der Waals surface area (Å²) in [6, 6.07) is 4.05. The molecule has 7 nitrogen and oxygen atoms in total. The number of thiocarbonyl (C=S) groups is 1. The molecule has 0 bridgehead atoms. The van der Waals surface area contributed by atoms with Crippen LogP contribution in [0.25, 0.3) is 0 Å². The van der Waals surface area contributed by atoms with Gasteiger partial charge in [0.25, 0.3) is 0 Å². The zero-order chi connectivity index (χ0) is 19.1. The van der Waals surface area contributed by atoms with Crippen molar-refractivity contribution in [3.63, 3.8) is 0 Å². The van der Waals surface area contributed by atoms with Crippen LogP contribution in [0, 0.1) is 0 Å². The minimum absolute atomic E-state index is 0.241. The summed E-state index contributed by atoms with van der Waals surface area (Å²) in [6.45, 7) is 6.10. The number of anilines is 2. The van der Waals surface area contributed by atoms with Gasteiger partial charge in [0.1, 0.15) is 10.8 Å². The Morgan fingerprint density at radius 3 is 2.48 bits per heavy atom. The summed E-state index contributed by atoms with van der Waals surface area (Å²) < 4.78 is 0. The lowest BCUT2D eigenvalue weighted by molar-refractivity contribution is 0.726. The fourth-order valence-corrected chi connectivity index (χ4v) is 3.85. The van der Waals surface area contributed by atoms with Gasteiger partial charge >= 0.3 is 0 Å². The molecule has 144 valence electrons. The predicted octanol–water partition coefficient (Wildman–Crippen LogP) is 3.49. The van der Waals surface area contributed by atoms with Crippen molar-refractivity contribution in [2.45, 2.75) is 55.8 Å². The molecule has 0 unspecified atom stereocenters. The highest BCUT2D eigenvalue weighted by molar-refractivity contribution is 7.99. The summed E-state index contributed by atoms with van der Waals surface area (Å²) in [5.74, 6) is 1.41. The van der Waals surface area contributed by atoms with Gasteiger partial charge in [0.2, 0.25) is 5.95 Å². The average Bonchev–Trinajstić information content (AvgIpc) is 2.91. The van der Waals surface area contributed by atoms with E-state index in [1.165, 1.54) is 37.4 Å². The molecule has 2 N–H and O–H groups in total. The van der Waals surface area contributed by atoms with Crippen LogP contribution in [0.5, 0.6) is 0 Å². The Balaban J connectivity index is 1.85. The number of nitrogens with zero attached hydrogens (tertiary/aromatic N) is 5. The van der Waals surface area contributed by atoms with Crippen LogP contribution in [0.3, 0.4) is 0 Å². The zero-order valence-corrected chi connectivity index (χ0v) is 17.3. The highest BCUT2D eigenvalue weighted by Crippen LogP contribution is 2.27. The van der Waals surface area contributed by atoms with Crippen LogP contribution in [-0.4, -0.2) is 44.2 Å². The maximum atomic E-state index is 5.36. The molecule has 1 saturated heterocycles. The van der Waals surface area contributed by atoms with Crippen LogP contribution < -0.4 is 15.5 Å². The number of hydrogen-bond donors (Lipinski definition) is 2. The first-order chi connectivity index (χ1) is 13.1. The molecule has 0 aromatic carbocycles. The molecule has 0 radical (unpaired) electrons. The molecular formula is C18H25N7S2. The fourth-order valence-electron chi connectivity index (χ4n) is 2.81. The van der Waals surface area contributed by atoms with E-state index in [1.807, 2.05) is 19.9 Å². The highest BCUT2D eigenvalue weighted by Gasteiger charge is 2.15. The topological polar surface area (TPSA) is 78.9 Å².